The fourth-order valence-corrected chi connectivity index (χ4v) is 1.30. The molecule has 0 aliphatic heterocycles. The molecule has 0 aliphatic carbocycles. The van der Waals surface area contributed by atoms with Crippen molar-refractivity contribution >= 4 is 0 Å². The molecule has 0 bridgehead atoms. The van der Waals surface area contributed by atoms with E-state index < -0.39 is 0 Å². The summed E-state index contributed by atoms with van der Waals surface area (Å²) in [6, 6.07) is 6.34. The van der Waals surface area contributed by atoms with Crippen LogP contribution in [-0.4, -0.2) is 11.5 Å². The first-order valence-electron chi connectivity index (χ1n) is 5.10. The van der Waals surface area contributed by atoms with Crippen LogP contribution in [0.4, 0.5) is 0 Å². The minimum absolute atomic E-state index is 0.334. The Labute approximate surface area is 86.1 Å². The summed E-state index contributed by atoms with van der Waals surface area (Å²) in [7, 11) is 0. The number of allylic oxidation sites excluding steroid dienone is 1. The van der Waals surface area contributed by atoms with Gasteiger partial charge in [0.1, 0.15) is 0 Å². The third-order valence-electron chi connectivity index (χ3n) is 2.17. The Morgan fingerprint density at radius 1 is 1.57 bits per heavy atom. The van der Waals surface area contributed by atoms with Gasteiger partial charge in [-0.2, -0.15) is 0 Å². The van der Waals surface area contributed by atoms with Gasteiger partial charge in [-0.25, -0.2) is 0 Å². The summed E-state index contributed by atoms with van der Waals surface area (Å²) < 4.78 is 0. The van der Waals surface area contributed by atoms with Crippen LogP contribution in [0, 0.1) is 0 Å². The molecule has 0 unspecified atom stereocenters. The SMILES string of the molecule is C=CCCCN[C@H](C)c1ccccn1. The summed E-state index contributed by atoms with van der Waals surface area (Å²) in [4.78, 5) is 4.29. The highest BCUT2D eigenvalue weighted by atomic mass is 14.9. The van der Waals surface area contributed by atoms with Gasteiger partial charge in [0.2, 0.25) is 0 Å². The molecule has 2 heteroatoms. The van der Waals surface area contributed by atoms with E-state index in [4.69, 9.17) is 0 Å². The van der Waals surface area contributed by atoms with E-state index in [9.17, 15) is 0 Å². The van der Waals surface area contributed by atoms with E-state index in [-0.39, 0.29) is 0 Å². The standard InChI is InChI=1S/C12H18N2/c1-3-4-6-9-13-11(2)12-8-5-7-10-14-12/h3,5,7-8,10-11,13H,1,4,6,9H2,2H3/t11-/m1/s1. The summed E-state index contributed by atoms with van der Waals surface area (Å²) in [5.41, 5.74) is 1.10. The smallest absolute Gasteiger partial charge is 0.0570 e. The molecule has 14 heavy (non-hydrogen) atoms. The first-order valence-corrected chi connectivity index (χ1v) is 5.10. The molecule has 76 valence electrons. The Hall–Kier alpha value is -1.15. The zero-order valence-corrected chi connectivity index (χ0v) is 8.74. The van der Waals surface area contributed by atoms with Crippen LogP contribution in [0.25, 0.3) is 0 Å². The van der Waals surface area contributed by atoms with Crippen LogP contribution in [0.15, 0.2) is 37.1 Å². The third kappa shape index (κ3) is 3.71. The molecule has 0 spiro atoms. The molecule has 2 nitrogen and oxygen atoms in total. The van der Waals surface area contributed by atoms with Crippen molar-refractivity contribution in [1.82, 2.24) is 10.3 Å². The highest BCUT2D eigenvalue weighted by molar-refractivity contribution is 5.07. The van der Waals surface area contributed by atoms with E-state index in [1.54, 1.807) is 0 Å². The van der Waals surface area contributed by atoms with Crippen molar-refractivity contribution in [2.24, 2.45) is 0 Å². The molecule has 0 saturated carbocycles. The first-order chi connectivity index (χ1) is 6.84. The van der Waals surface area contributed by atoms with Crippen molar-refractivity contribution in [3.8, 4) is 0 Å². The summed E-state index contributed by atoms with van der Waals surface area (Å²) in [5.74, 6) is 0. The maximum Gasteiger partial charge on any atom is 0.0570 e. The van der Waals surface area contributed by atoms with E-state index in [1.807, 2.05) is 30.5 Å². The molecule has 1 aromatic rings. The van der Waals surface area contributed by atoms with E-state index in [1.165, 1.54) is 0 Å². The van der Waals surface area contributed by atoms with Gasteiger partial charge < -0.3 is 5.32 Å². The fraction of sp³-hybridized carbons (Fsp3) is 0.417. The second kappa shape index (κ2) is 6.33. The summed E-state index contributed by atoms with van der Waals surface area (Å²) >= 11 is 0. The van der Waals surface area contributed by atoms with Gasteiger partial charge in [-0.1, -0.05) is 12.1 Å². The van der Waals surface area contributed by atoms with Gasteiger partial charge in [0, 0.05) is 12.2 Å². The van der Waals surface area contributed by atoms with Crippen LogP contribution in [0.3, 0.4) is 0 Å². The second-order valence-corrected chi connectivity index (χ2v) is 3.36. The summed E-state index contributed by atoms with van der Waals surface area (Å²) in [6.07, 6.45) is 5.99. The topological polar surface area (TPSA) is 24.9 Å². The lowest BCUT2D eigenvalue weighted by Crippen LogP contribution is -2.20. The first kappa shape index (κ1) is 10.9. The number of rotatable bonds is 6. The lowest BCUT2D eigenvalue weighted by molar-refractivity contribution is 0.550. The van der Waals surface area contributed by atoms with Gasteiger partial charge in [0.05, 0.1) is 5.69 Å². The predicted molar refractivity (Wildman–Crippen MR) is 60.1 cm³/mol. The van der Waals surface area contributed by atoms with Gasteiger partial charge in [-0.05, 0) is 38.4 Å². The van der Waals surface area contributed by atoms with Gasteiger partial charge in [0.25, 0.3) is 0 Å². The Bertz CT molecular complexity index is 256. The molecular weight excluding hydrogens is 172 g/mol. The molecule has 0 saturated heterocycles. The molecule has 0 fully saturated rings. The molecular formula is C12H18N2. The number of nitrogens with zero attached hydrogens (tertiary/aromatic N) is 1. The Balaban J connectivity index is 2.28. The number of pyridine rings is 1. The highest BCUT2D eigenvalue weighted by Gasteiger charge is 2.03. The minimum atomic E-state index is 0.334. The van der Waals surface area contributed by atoms with Crippen molar-refractivity contribution in [1.29, 1.82) is 0 Å². The van der Waals surface area contributed by atoms with Gasteiger partial charge in [-0.3, -0.25) is 4.98 Å². The van der Waals surface area contributed by atoms with Crippen LogP contribution in [0.5, 0.6) is 0 Å². The van der Waals surface area contributed by atoms with Crippen molar-refractivity contribution in [3.63, 3.8) is 0 Å². The van der Waals surface area contributed by atoms with Crippen molar-refractivity contribution in [2.45, 2.75) is 25.8 Å². The number of aromatic nitrogens is 1. The van der Waals surface area contributed by atoms with Crippen LogP contribution in [-0.2, 0) is 0 Å². The summed E-state index contributed by atoms with van der Waals surface area (Å²) in [5, 5.41) is 3.42. The second-order valence-electron chi connectivity index (χ2n) is 3.36. The van der Waals surface area contributed by atoms with E-state index in [0.29, 0.717) is 6.04 Å². The van der Waals surface area contributed by atoms with E-state index >= 15 is 0 Å². The largest absolute Gasteiger partial charge is 0.309 e. The maximum atomic E-state index is 4.29. The number of hydrogen-bond acceptors (Lipinski definition) is 2. The number of nitrogens with one attached hydrogen (secondary N) is 1. The average Bonchev–Trinajstić information content (AvgIpc) is 2.25. The Morgan fingerprint density at radius 3 is 3.07 bits per heavy atom. The Kier molecular flexibility index (Phi) is 4.94. The summed E-state index contributed by atoms with van der Waals surface area (Å²) in [6.45, 7) is 6.85. The molecule has 1 atom stereocenters. The van der Waals surface area contributed by atoms with Crippen LogP contribution in [0.1, 0.15) is 31.5 Å². The van der Waals surface area contributed by atoms with Gasteiger partial charge in [-0.15, -0.1) is 6.58 Å². The van der Waals surface area contributed by atoms with Gasteiger partial charge >= 0.3 is 0 Å². The molecule has 0 aliphatic rings. The monoisotopic (exact) mass is 190 g/mol. The number of unbranched alkanes of at least 4 members (excludes halogenated alkanes) is 1. The molecule has 1 rings (SSSR count). The maximum absolute atomic E-state index is 4.29. The molecule has 0 aromatic carbocycles. The van der Waals surface area contributed by atoms with Crippen LogP contribution in [0.2, 0.25) is 0 Å². The third-order valence-corrected chi connectivity index (χ3v) is 2.17. The lowest BCUT2D eigenvalue weighted by atomic mass is 10.2. The van der Waals surface area contributed by atoms with E-state index in [2.05, 4.69) is 23.8 Å². The zero-order valence-electron chi connectivity index (χ0n) is 8.74. The van der Waals surface area contributed by atoms with Crippen LogP contribution < -0.4 is 5.32 Å². The lowest BCUT2D eigenvalue weighted by Gasteiger charge is -2.12. The normalized spacial score (nSPS) is 12.4. The van der Waals surface area contributed by atoms with Gasteiger partial charge in [0.15, 0.2) is 0 Å². The Morgan fingerprint density at radius 2 is 2.43 bits per heavy atom. The molecule has 1 heterocycles. The molecule has 1 N–H and O–H groups in total. The fourth-order valence-electron chi connectivity index (χ4n) is 1.30. The van der Waals surface area contributed by atoms with E-state index in [0.717, 1.165) is 25.1 Å². The molecule has 1 aromatic heterocycles. The zero-order chi connectivity index (χ0) is 10.2. The van der Waals surface area contributed by atoms with Crippen molar-refractivity contribution in [2.75, 3.05) is 6.54 Å². The minimum Gasteiger partial charge on any atom is -0.309 e. The molecule has 0 amide bonds. The number of hydrogen-bond donors (Lipinski definition) is 1. The average molecular weight is 190 g/mol. The van der Waals surface area contributed by atoms with Crippen LogP contribution >= 0.6 is 0 Å². The van der Waals surface area contributed by atoms with Crippen molar-refractivity contribution in [3.05, 3.63) is 42.7 Å². The highest BCUT2D eigenvalue weighted by Crippen LogP contribution is 2.07. The van der Waals surface area contributed by atoms with Crippen molar-refractivity contribution < 1.29 is 0 Å². The molecule has 0 radical (unpaired) electrons. The quantitative estimate of drug-likeness (QED) is 0.551. The predicted octanol–water partition coefficient (Wildman–Crippen LogP) is 2.70.